The van der Waals surface area contributed by atoms with Crippen LogP contribution in [0.4, 0.5) is 0 Å². The zero-order valence-electron chi connectivity index (χ0n) is 9.13. The first-order valence-corrected chi connectivity index (χ1v) is 6.00. The molecule has 0 bridgehead atoms. The molecule has 16 heavy (non-hydrogen) atoms. The van der Waals surface area contributed by atoms with Crippen molar-refractivity contribution < 1.29 is 9.53 Å². The van der Waals surface area contributed by atoms with E-state index in [0.29, 0.717) is 12.8 Å². The van der Waals surface area contributed by atoms with Crippen LogP contribution in [0.1, 0.15) is 17.5 Å². The van der Waals surface area contributed by atoms with E-state index in [1.807, 2.05) is 18.2 Å². The van der Waals surface area contributed by atoms with E-state index in [1.54, 1.807) is 0 Å². The number of benzene rings is 1. The topological polar surface area (TPSA) is 52.3 Å². The largest absolute Gasteiger partial charge is 0.468 e. The molecule has 2 N–H and O–H groups in total. The summed E-state index contributed by atoms with van der Waals surface area (Å²) in [6.45, 7) is 0. The normalized spacial score (nSPS) is 23.7. The van der Waals surface area contributed by atoms with Gasteiger partial charge in [0.1, 0.15) is 5.54 Å². The van der Waals surface area contributed by atoms with Crippen molar-refractivity contribution in [1.29, 1.82) is 0 Å². The Morgan fingerprint density at radius 2 is 2.31 bits per heavy atom. The molecule has 0 fully saturated rings. The van der Waals surface area contributed by atoms with Gasteiger partial charge in [-0.05, 0) is 30.0 Å². The molecule has 3 nitrogen and oxygen atoms in total. The average Bonchev–Trinajstić information content (AvgIpc) is 2.28. The second kappa shape index (κ2) is 4.18. The minimum atomic E-state index is -0.859. The lowest BCUT2D eigenvalue weighted by Crippen LogP contribution is -2.52. The van der Waals surface area contributed by atoms with Gasteiger partial charge in [-0.2, -0.15) is 0 Å². The first kappa shape index (κ1) is 11.6. The van der Waals surface area contributed by atoms with Gasteiger partial charge in [-0.1, -0.05) is 28.1 Å². The van der Waals surface area contributed by atoms with E-state index in [4.69, 9.17) is 10.5 Å². The molecule has 0 radical (unpaired) electrons. The van der Waals surface area contributed by atoms with Crippen LogP contribution in [0.15, 0.2) is 22.7 Å². The number of hydrogen-bond acceptors (Lipinski definition) is 3. The molecule has 1 atom stereocenters. The summed E-state index contributed by atoms with van der Waals surface area (Å²) in [7, 11) is 1.38. The second-order valence-corrected chi connectivity index (χ2v) is 5.06. The molecular weight excluding hydrogens is 270 g/mol. The predicted molar refractivity (Wildman–Crippen MR) is 65.1 cm³/mol. The summed E-state index contributed by atoms with van der Waals surface area (Å²) in [4.78, 5) is 11.6. The monoisotopic (exact) mass is 283 g/mol. The Labute approximate surface area is 103 Å². The van der Waals surface area contributed by atoms with Gasteiger partial charge in [0.15, 0.2) is 0 Å². The molecular formula is C12H14BrNO2. The number of carbonyl (C=O) groups excluding carboxylic acids is 1. The van der Waals surface area contributed by atoms with Crippen LogP contribution in [0, 0.1) is 0 Å². The standard InChI is InChI=1S/C12H14BrNO2/c1-16-11(15)12(14)6-5-9-8(7-12)3-2-4-10(9)13/h2-4H,5-7,14H2,1H3. The van der Waals surface area contributed by atoms with Crippen LogP contribution in [0.5, 0.6) is 0 Å². The van der Waals surface area contributed by atoms with Gasteiger partial charge in [0.2, 0.25) is 0 Å². The fourth-order valence-electron chi connectivity index (χ4n) is 2.20. The third-order valence-corrected chi connectivity index (χ3v) is 3.88. The van der Waals surface area contributed by atoms with Crippen molar-refractivity contribution in [2.24, 2.45) is 5.73 Å². The van der Waals surface area contributed by atoms with Crippen molar-refractivity contribution in [3.63, 3.8) is 0 Å². The molecule has 0 saturated heterocycles. The van der Waals surface area contributed by atoms with E-state index in [1.165, 1.54) is 12.7 Å². The van der Waals surface area contributed by atoms with Crippen LogP contribution in [0.3, 0.4) is 0 Å². The Bertz CT molecular complexity index is 433. The quantitative estimate of drug-likeness (QED) is 0.800. The SMILES string of the molecule is COC(=O)C1(N)CCc2c(Br)cccc2C1. The van der Waals surface area contributed by atoms with Gasteiger partial charge in [0.25, 0.3) is 0 Å². The van der Waals surface area contributed by atoms with Gasteiger partial charge in [-0.25, -0.2) is 0 Å². The van der Waals surface area contributed by atoms with Crippen molar-refractivity contribution in [2.45, 2.75) is 24.8 Å². The number of hydrogen-bond donors (Lipinski definition) is 1. The fourth-order valence-corrected chi connectivity index (χ4v) is 2.81. The summed E-state index contributed by atoms with van der Waals surface area (Å²) < 4.78 is 5.86. The van der Waals surface area contributed by atoms with Crippen LogP contribution in [0.25, 0.3) is 0 Å². The van der Waals surface area contributed by atoms with E-state index in [0.717, 1.165) is 16.5 Å². The van der Waals surface area contributed by atoms with Crippen molar-refractivity contribution in [3.8, 4) is 0 Å². The van der Waals surface area contributed by atoms with Gasteiger partial charge >= 0.3 is 5.97 Å². The van der Waals surface area contributed by atoms with E-state index >= 15 is 0 Å². The maximum Gasteiger partial charge on any atom is 0.326 e. The fraction of sp³-hybridized carbons (Fsp3) is 0.417. The number of ether oxygens (including phenoxy) is 1. The molecule has 2 rings (SSSR count). The number of methoxy groups -OCH3 is 1. The maximum absolute atomic E-state index is 11.6. The van der Waals surface area contributed by atoms with Crippen LogP contribution in [-0.2, 0) is 22.4 Å². The second-order valence-electron chi connectivity index (χ2n) is 4.20. The van der Waals surface area contributed by atoms with Crippen molar-refractivity contribution >= 4 is 21.9 Å². The maximum atomic E-state index is 11.6. The Balaban J connectivity index is 2.34. The van der Waals surface area contributed by atoms with Crippen LogP contribution < -0.4 is 5.73 Å². The average molecular weight is 284 g/mol. The molecule has 1 aromatic carbocycles. The Morgan fingerprint density at radius 3 is 3.00 bits per heavy atom. The highest BCUT2D eigenvalue weighted by atomic mass is 79.9. The van der Waals surface area contributed by atoms with E-state index in [-0.39, 0.29) is 5.97 Å². The Hall–Kier alpha value is -0.870. The molecule has 1 aliphatic rings. The lowest BCUT2D eigenvalue weighted by Gasteiger charge is -2.32. The van der Waals surface area contributed by atoms with Crippen molar-refractivity contribution in [1.82, 2.24) is 0 Å². The van der Waals surface area contributed by atoms with Crippen LogP contribution in [-0.4, -0.2) is 18.6 Å². The molecule has 86 valence electrons. The van der Waals surface area contributed by atoms with E-state index in [2.05, 4.69) is 15.9 Å². The highest BCUT2D eigenvalue weighted by Crippen LogP contribution is 2.32. The molecule has 0 aliphatic heterocycles. The molecule has 1 unspecified atom stereocenters. The van der Waals surface area contributed by atoms with Crippen molar-refractivity contribution in [2.75, 3.05) is 7.11 Å². The van der Waals surface area contributed by atoms with Crippen LogP contribution >= 0.6 is 15.9 Å². The number of rotatable bonds is 1. The summed E-state index contributed by atoms with van der Waals surface area (Å²) in [5.74, 6) is -0.321. The van der Waals surface area contributed by atoms with Gasteiger partial charge in [-0.15, -0.1) is 0 Å². The Morgan fingerprint density at radius 1 is 1.56 bits per heavy atom. The molecule has 0 aromatic heterocycles. The lowest BCUT2D eigenvalue weighted by atomic mass is 9.78. The molecule has 0 spiro atoms. The highest BCUT2D eigenvalue weighted by molar-refractivity contribution is 9.10. The molecule has 0 saturated carbocycles. The number of carbonyl (C=O) groups is 1. The van der Waals surface area contributed by atoms with Gasteiger partial charge < -0.3 is 10.5 Å². The molecule has 0 amide bonds. The zero-order chi connectivity index (χ0) is 11.8. The third kappa shape index (κ3) is 1.87. The molecule has 1 aliphatic carbocycles. The predicted octanol–water partition coefficient (Wildman–Crippen LogP) is 1.81. The zero-order valence-corrected chi connectivity index (χ0v) is 10.7. The number of halogens is 1. The minimum Gasteiger partial charge on any atom is -0.468 e. The lowest BCUT2D eigenvalue weighted by molar-refractivity contribution is -0.147. The molecule has 4 heteroatoms. The smallest absolute Gasteiger partial charge is 0.326 e. The summed E-state index contributed by atoms with van der Waals surface area (Å²) in [6.07, 6.45) is 1.99. The van der Waals surface area contributed by atoms with Gasteiger partial charge in [0.05, 0.1) is 7.11 Å². The number of esters is 1. The molecule has 0 heterocycles. The summed E-state index contributed by atoms with van der Waals surface area (Å²) in [5.41, 5.74) is 7.62. The van der Waals surface area contributed by atoms with E-state index < -0.39 is 5.54 Å². The molecule has 1 aromatic rings. The van der Waals surface area contributed by atoms with Crippen molar-refractivity contribution in [3.05, 3.63) is 33.8 Å². The number of nitrogens with two attached hydrogens (primary N) is 1. The summed E-state index contributed by atoms with van der Waals surface area (Å²) >= 11 is 3.52. The third-order valence-electron chi connectivity index (χ3n) is 3.13. The first-order valence-electron chi connectivity index (χ1n) is 5.20. The summed E-state index contributed by atoms with van der Waals surface area (Å²) in [6, 6.07) is 6.00. The summed E-state index contributed by atoms with van der Waals surface area (Å²) in [5, 5.41) is 0. The van der Waals surface area contributed by atoms with Gasteiger partial charge in [-0.3, -0.25) is 4.79 Å². The van der Waals surface area contributed by atoms with E-state index in [9.17, 15) is 4.79 Å². The Kier molecular flexibility index (Phi) is 3.04. The highest BCUT2D eigenvalue weighted by Gasteiger charge is 2.38. The minimum absolute atomic E-state index is 0.321. The van der Waals surface area contributed by atoms with Crippen LogP contribution in [0.2, 0.25) is 0 Å². The number of fused-ring (bicyclic) bond motifs is 1. The van der Waals surface area contributed by atoms with Gasteiger partial charge in [0, 0.05) is 10.9 Å². The first-order chi connectivity index (χ1) is 7.57.